The fraction of sp³-hybridized carbons (Fsp3) is 0.545. The van der Waals surface area contributed by atoms with Crippen molar-refractivity contribution >= 4 is 52.9 Å². The predicted octanol–water partition coefficient (Wildman–Crippen LogP) is -0.434. The quantitative estimate of drug-likeness (QED) is 0.0609. The molecule has 0 radical (unpaired) electrons. The zero-order valence-corrected chi connectivity index (χ0v) is 28.7. The number of methoxy groups -OCH3 is 1. The van der Waals surface area contributed by atoms with E-state index in [4.69, 9.17) is 14.2 Å². The topological polar surface area (TPSA) is 241 Å². The van der Waals surface area contributed by atoms with Crippen LogP contribution in [0.5, 0.6) is 11.5 Å². The molecule has 5 N–H and O–H groups in total. The molecule has 0 aromatic heterocycles. The first-order chi connectivity index (χ1) is 23.9. The maximum atomic E-state index is 12.2. The summed E-state index contributed by atoms with van der Waals surface area (Å²) in [4.78, 5) is 106. The third-order valence-electron chi connectivity index (χ3n) is 6.86. The van der Waals surface area contributed by atoms with Crippen LogP contribution in [0.4, 0.5) is 0 Å². The smallest absolute Gasteiger partial charge is 0.306 e. The largest absolute Gasteiger partial charge is 0.496 e. The van der Waals surface area contributed by atoms with Crippen LogP contribution >= 0.6 is 0 Å². The zero-order chi connectivity index (χ0) is 37.3. The van der Waals surface area contributed by atoms with Gasteiger partial charge >= 0.3 is 5.97 Å². The lowest BCUT2D eigenvalue weighted by molar-refractivity contribution is -0.146. The molecule has 5 amide bonds. The van der Waals surface area contributed by atoms with Crippen molar-refractivity contribution in [2.45, 2.75) is 71.3 Å². The van der Waals surface area contributed by atoms with Crippen LogP contribution in [0, 0.1) is 0 Å². The number of carbonyl (C=O) groups is 9. The average molecular weight is 706 g/mol. The summed E-state index contributed by atoms with van der Waals surface area (Å²) in [6.07, 6.45) is 0.483. The van der Waals surface area contributed by atoms with Crippen LogP contribution in [-0.2, 0) is 54.5 Å². The van der Waals surface area contributed by atoms with E-state index in [9.17, 15) is 43.2 Å². The number of hydrogen-bond acceptors (Lipinski definition) is 12. The maximum absolute atomic E-state index is 12.2. The Labute approximate surface area is 290 Å². The minimum atomic E-state index is -0.681. The van der Waals surface area contributed by atoms with Gasteiger partial charge in [0, 0.05) is 63.6 Å². The summed E-state index contributed by atoms with van der Waals surface area (Å²) in [5, 5.41) is 11.8. The van der Waals surface area contributed by atoms with Gasteiger partial charge in [0.25, 0.3) is 0 Å². The first-order valence-corrected chi connectivity index (χ1v) is 16.1. The van der Waals surface area contributed by atoms with E-state index in [1.165, 1.54) is 7.11 Å². The first kappa shape index (κ1) is 42.7. The molecule has 17 heteroatoms. The molecule has 0 fully saturated rings. The third-order valence-corrected chi connectivity index (χ3v) is 6.86. The summed E-state index contributed by atoms with van der Waals surface area (Å²) >= 11 is 0. The van der Waals surface area contributed by atoms with Gasteiger partial charge in [-0.2, -0.15) is 0 Å². The number of hydrogen-bond donors (Lipinski definition) is 5. The van der Waals surface area contributed by atoms with E-state index in [1.807, 2.05) is 0 Å². The summed E-state index contributed by atoms with van der Waals surface area (Å²) in [7, 11) is 3.01. The van der Waals surface area contributed by atoms with Crippen LogP contribution in [0.25, 0.3) is 0 Å². The molecule has 0 unspecified atom stereocenters. The monoisotopic (exact) mass is 705 g/mol. The number of rotatable bonds is 26. The summed E-state index contributed by atoms with van der Waals surface area (Å²) in [5.74, 6) is -3.04. The Morgan fingerprint density at radius 3 is 1.74 bits per heavy atom. The van der Waals surface area contributed by atoms with Gasteiger partial charge in [-0.15, -0.1) is 0 Å². The van der Waals surface area contributed by atoms with Gasteiger partial charge in [0.1, 0.15) is 23.9 Å². The second kappa shape index (κ2) is 24.7. The van der Waals surface area contributed by atoms with E-state index in [1.54, 1.807) is 32.2 Å². The number of amides is 5. The van der Waals surface area contributed by atoms with Gasteiger partial charge in [-0.25, -0.2) is 0 Å². The summed E-state index contributed by atoms with van der Waals surface area (Å²) < 4.78 is 16.2. The second-order valence-corrected chi connectivity index (χ2v) is 10.8. The molecule has 0 atom stereocenters. The molecule has 0 saturated heterocycles. The van der Waals surface area contributed by atoms with Crippen molar-refractivity contribution < 1.29 is 57.4 Å². The number of benzene rings is 1. The Hall–Kier alpha value is -5.35. The maximum Gasteiger partial charge on any atom is 0.306 e. The lowest BCUT2D eigenvalue weighted by Crippen LogP contribution is -2.43. The van der Waals surface area contributed by atoms with Gasteiger partial charge in [-0.1, -0.05) is 6.92 Å². The van der Waals surface area contributed by atoms with Crippen molar-refractivity contribution in [2.24, 2.45) is 0 Å². The number of nitrogens with one attached hydrogen (secondary N) is 5. The Morgan fingerprint density at radius 2 is 1.16 bits per heavy atom. The van der Waals surface area contributed by atoms with Crippen LogP contribution in [0.1, 0.15) is 70.3 Å². The van der Waals surface area contributed by atoms with Gasteiger partial charge in [-0.3, -0.25) is 43.2 Å². The minimum Gasteiger partial charge on any atom is -0.496 e. The van der Waals surface area contributed by atoms with Gasteiger partial charge < -0.3 is 40.8 Å². The Morgan fingerprint density at radius 1 is 0.620 bits per heavy atom. The number of Topliss-reactive ketones (excluding diaryl/α,β-unsaturated/α-hetero) is 3. The van der Waals surface area contributed by atoms with Crippen LogP contribution in [-0.4, -0.2) is 99.8 Å². The Bertz CT molecular complexity index is 1360. The highest BCUT2D eigenvalue weighted by Crippen LogP contribution is 2.25. The summed E-state index contributed by atoms with van der Waals surface area (Å²) in [5.41, 5.74) is 0.574. The number of esters is 1. The predicted molar refractivity (Wildman–Crippen MR) is 177 cm³/mol. The molecule has 0 spiro atoms. The molecule has 50 heavy (non-hydrogen) atoms. The molecular weight excluding hydrogens is 658 g/mol. The highest BCUT2D eigenvalue weighted by molar-refractivity contribution is 5.92. The van der Waals surface area contributed by atoms with E-state index >= 15 is 0 Å². The molecule has 0 bridgehead atoms. The fourth-order valence-electron chi connectivity index (χ4n) is 3.87. The number of carbonyl (C=O) groups excluding carboxylic acids is 9. The molecule has 276 valence electrons. The van der Waals surface area contributed by atoms with Gasteiger partial charge in [-0.05, 0) is 18.6 Å². The highest BCUT2D eigenvalue weighted by Gasteiger charge is 2.14. The van der Waals surface area contributed by atoms with Crippen molar-refractivity contribution in [3.8, 4) is 11.5 Å². The lowest BCUT2D eigenvalue weighted by atomic mass is 10.1. The minimum absolute atomic E-state index is 0.0167. The molecule has 0 heterocycles. The van der Waals surface area contributed by atoms with Crippen LogP contribution in [0.2, 0.25) is 0 Å². The van der Waals surface area contributed by atoms with Crippen LogP contribution in [0.15, 0.2) is 18.2 Å². The van der Waals surface area contributed by atoms with Gasteiger partial charge in [0.05, 0.1) is 46.3 Å². The Balaban J connectivity index is 2.21. The highest BCUT2D eigenvalue weighted by atomic mass is 16.5. The lowest BCUT2D eigenvalue weighted by Gasteiger charge is -2.12. The van der Waals surface area contributed by atoms with E-state index in [-0.39, 0.29) is 69.9 Å². The second-order valence-electron chi connectivity index (χ2n) is 10.8. The summed E-state index contributed by atoms with van der Waals surface area (Å²) in [6, 6.07) is 4.98. The molecular formula is C33H47N5O12. The van der Waals surface area contributed by atoms with Crippen LogP contribution in [0.3, 0.4) is 0 Å². The molecule has 0 aliphatic heterocycles. The van der Waals surface area contributed by atoms with E-state index < -0.39 is 54.3 Å². The zero-order valence-electron chi connectivity index (χ0n) is 28.7. The van der Waals surface area contributed by atoms with E-state index in [2.05, 4.69) is 26.6 Å². The number of ether oxygens (including phenoxy) is 3. The first-order valence-electron chi connectivity index (χ1n) is 16.1. The van der Waals surface area contributed by atoms with Crippen molar-refractivity contribution in [3.63, 3.8) is 0 Å². The molecule has 0 saturated carbocycles. The van der Waals surface area contributed by atoms with Crippen molar-refractivity contribution in [1.82, 2.24) is 26.6 Å². The molecule has 0 aliphatic carbocycles. The molecule has 1 aromatic carbocycles. The third kappa shape index (κ3) is 20.1. The number of ketones is 3. The average Bonchev–Trinajstić information content (AvgIpc) is 3.12. The summed E-state index contributed by atoms with van der Waals surface area (Å²) in [6.45, 7) is 0.349. The SMILES string of the molecule is CCC(=O)CCC(=O)NCC(=O)CCC(=O)NCC(=O)NCC(=O)NCC(=O)CCC(=O)OCc1ccc(OCCCC(=O)NC)cc1OC. The fourth-order valence-corrected chi connectivity index (χ4v) is 3.87. The van der Waals surface area contributed by atoms with E-state index in [0.29, 0.717) is 42.9 Å². The van der Waals surface area contributed by atoms with E-state index in [0.717, 1.165) is 0 Å². The van der Waals surface area contributed by atoms with Crippen LogP contribution < -0.4 is 36.1 Å². The standard InChI is InChI=1S/C33H47N5O12/c1-4-23(39)8-12-29(43)35-17-24(40)9-13-30(44)37-19-32(46)38-20-31(45)36-18-25(41)10-14-33(47)50-21-22-7-11-26(16-27(22)48-3)49-15-5-6-28(42)34-2/h7,11,16H,4-6,8-10,12-15,17-21H2,1-3H3,(H,34,42)(H,35,43)(H,36,45)(H,37,44)(H,38,46). The molecule has 17 nitrogen and oxygen atoms in total. The Kier molecular flexibility index (Phi) is 21.1. The van der Waals surface area contributed by atoms with Crippen molar-refractivity contribution in [1.29, 1.82) is 0 Å². The molecule has 0 aliphatic rings. The van der Waals surface area contributed by atoms with Crippen molar-refractivity contribution in [3.05, 3.63) is 23.8 Å². The van der Waals surface area contributed by atoms with Gasteiger partial charge in [0.2, 0.25) is 29.5 Å². The van der Waals surface area contributed by atoms with Gasteiger partial charge in [0.15, 0.2) is 11.6 Å². The normalized spacial score (nSPS) is 10.2. The molecule has 1 aromatic rings. The van der Waals surface area contributed by atoms with Crippen molar-refractivity contribution in [2.75, 3.05) is 46.9 Å². The molecule has 1 rings (SSSR count).